The Kier molecular flexibility index (Phi) is 5.83. The van der Waals surface area contributed by atoms with Crippen molar-refractivity contribution in [3.63, 3.8) is 0 Å². The van der Waals surface area contributed by atoms with Gasteiger partial charge in [0.25, 0.3) is 5.91 Å². The van der Waals surface area contributed by atoms with Crippen molar-refractivity contribution in [3.05, 3.63) is 64.7 Å². The molecule has 6 nitrogen and oxygen atoms in total. The lowest BCUT2D eigenvalue weighted by Crippen LogP contribution is -2.37. The first kappa shape index (κ1) is 18.7. The Bertz CT molecular complexity index is 815. The molecule has 26 heavy (non-hydrogen) atoms. The van der Waals surface area contributed by atoms with Crippen LogP contribution in [0, 0.1) is 0 Å². The molecule has 0 saturated carbocycles. The fraction of sp³-hybridized carbons (Fsp3) is 0.222. The number of benzene rings is 2. The van der Waals surface area contributed by atoms with Crippen molar-refractivity contribution < 1.29 is 19.4 Å². The number of carbonyl (C=O) groups excluding carboxylic acids is 2. The van der Waals surface area contributed by atoms with Crippen LogP contribution in [0.5, 0.6) is 5.75 Å². The zero-order valence-electron chi connectivity index (χ0n) is 13.7. The molecule has 1 aliphatic heterocycles. The summed E-state index contributed by atoms with van der Waals surface area (Å²) < 4.78 is 5.59. The highest BCUT2D eigenvalue weighted by molar-refractivity contribution is 8.15. The smallest absolute Gasteiger partial charge is 0.303 e. The van der Waals surface area contributed by atoms with Gasteiger partial charge >= 0.3 is 5.24 Å². The summed E-state index contributed by atoms with van der Waals surface area (Å²) in [7, 11) is 0. The molecule has 0 bridgehead atoms. The average molecular weight is 393 g/mol. The van der Waals surface area contributed by atoms with Crippen LogP contribution in [0.25, 0.3) is 0 Å². The van der Waals surface area contributed by atoms with E-state index in [4.69, 9.17) is 22.2 Å². The Labute approximate surface area is 159 Å². The van der Waals surface area contributed by atoms with Crippen molar-refractivity contribution in [2.75, 3.05) is 6.61 Å². The third kappa shape index (κ3) is 4.37. The molecule has 1 fully saturated rings. The lowest BCUT2D eigenvalue weighted by molar-refractivity contribution is -0.126. The van der Waals surface area contributed by atoms with Crippen LogP contribution < -0.4 is 10.6 Å². The highest BCUT2D eigenvalue weighted by atomic mass is 35.5. The number of ether oxygens (including phenoxy) is 1. The number of aliphatic hydroxyl groups is 1. The van der Waals surface area contributed by atoms with Gasteiger partial charge in [-0.25, -0.2) is 10.9 Å². The first-order chi connectivity index (χ1) is 12.4. The summed E-state index contributed by atoms with van der Waals surface area (Å²) >= 11 is 6.84. The standard InChI is InChI=1S/C18H17ClN2O4S/c19-13-3-1-2-12(9-13)15(22)10-25-14-6-4-11(5-7-14)8-16-17(23)21(20)18(24)26-16/h1-7,9,15-16,22H,8,10,20H2. The minimum absolute atomic E-state index is 0.0906. The predicted octanol–water partition coefficient (Wildman–Crippen LogP) is 2.93. The Morgan fingerprint density at radius 2 is 1.96 bits per heavy atom. The van der Waals surface area contributed by atoms with E-state index < -0.39 is 16.6 Å². The lowest BCUT2D eigenvalue weighted by atomic mass is 10.1. The van der Waals surface area contributed by atoms with E-state index in [9.17, 15) is 14.7 Å². The number of hydrazine groups is 1. The summed E-state index contributed by atoms with van der Waals surface area (Å²) in [5.74, 6) is 5.59. The molecule has 8 heteroatoms. The van der Waals surface area contributed by atoms with E-state index in [2.05, 4.69) is 0 Å². The van der Waals surface area contributed by atoms with E-state index in [0.29, 0.717) is 27.8 Å². The van der Waals surface area contributed by atoms with Crippen molar-refractivity contribution in [3.8, 4) is 5.75 Å². The van der Waals surface area contributed by atoms with Crippen LogP contribution in [0.15, 0.2) is 48.5 Å². The summed E-state index contributed by atoms with van der Waals surface area (Å²) in [5, 5.41) is 10.4. The third-order valence-corrected chi connectivity index (χ3v) is 5.22. The molecule has 2 unspecified atom stereocenters. The fourth-order valence-electron chi connectivity index (χ4n) is 2.52. The Morgan fingerprint density at radius 1 is 1.23 bits per heavy atom. The van der Waals surface area contributed by atoms with Crippen LogP contribution >= 0.6 is 23.4 Å². The van der Waals surface area contributed by atoms with Crippen molar-refractivity contribution in [1.29, 1.82) is 0 Å². The Hall–Kier alpha value is -2.06. The van der Waals surface area contributed by atoms with Gasteiger partial charge in [0, 0.05) is 5.02 Å². The van der Waals surface area contributed by atoms with E-state index in [1.807, 2.05) is 12.1 Å². The number of hydrogen-bond acceptors (Lipinski definition) is 6. The van der Waals surface area contributed by atoms with Gasteiger partial charge < -0.3 is 9.84 Å². The number of nitrogens with zero attached hydrogens (tertiary/aromatic N) is 1. The molecule has 2 amide bonds. The minimum atomic E-state index is -0.789. The van der Waals surface area contributed by atoms with Crippen LogP contribution in [-0.2, 0) is 11.2 Å². The van der Waals surface area contributed by atoms with Crippen molar-refractivity contribution >= 4 is 34.5 Å². The molecule has 2 aromatic rings. The minimum Gasteiger partial charge on any atom is -0.491 e. The SMILES string of the molecule is NN1C(=O)SC(Cc2ccc(OCC(O)c3cccc(Cl)c3)cc2)C1=O. The van der Waals surface area contributed by atoms with Gasteiger partial charge in [-0.3, -0.25) is 9.59 Å². The molecule has 2 atom stereocenters. The van der Waals surface area contributed by atoms with Crippen molar-refractivity contribution in [2.24, 2.45) is 5.84 Å². The summed E-state index contributed by atoms with van der Waals surface area (Å²) in [6, 6.07) is 14.1. The topological polar surface area (TPSA) is 92.9 Å². The maximum Gasteiger partial charge on any atom is 0.303 e. The Morgan fingerprint density at radius 3 is 2.58 bits per heavy atom. The number of hydrogen-bond donors (Lipinski definition) is 2. The summed E-state index contributed by atoms with van der Waals surface area (Å²) in [6.45, 7) is 0.0906. The van der Waals surface area contributed by atoms with Gasteiger partial charge in [-0.15, -0.1) is 0 Å². The van der Waals surface area contributed by atoms with E-state index in [0.717, 1.165) is 17.3 Å². The molecule has 0 aromatic heterocycles. The van der Waals surface area contributed by atoms with Gasteiger partial charge in [0.1, 0.15) is 18.5 Å². The second-order valence-corrected chi connectivity index (χ2v) is 7.40. The molecule has 2 aromatic carbocycles. The molecule has 0 radical (unpaired) electrons. The quantitative estimate of drug-likeness (QED) is 0.580. The second-order valence-electron chi connectivity index (χ2n) is 5.81. The summed E-state index contributed by atoms with van der Waals surface area (Å²) in [5.41, 5.74) is 1.57. The van der Waals surface area contributed by atoms with Crippen LogP contribution in [0.4, 0.5) is 4.79 Å². The monoisotopic (exact) mass is 392 g/mol. The summed E-state index contributed by atoms with van der Waals surface area (Å²) in [6.07, 6.45) is -0.378. The highest BCUT2D eigenvalue weighted by Gasteiger charge is 2.37. The number of amides is 2. The van der Waals surface area contributed by atoms with E-state index >= 15 is 0 Å². The molecule has 1 heterocycles. The average Bonchev–Trinajstić information content (AvgIpc) is 2.87. The number of rotatable bonds is 6. The number of halogens is 1. The van der Waals surface area contributed by atoms with Crippen molar-refractivity contribution in [1.82, 2.24) is 5.01 Å². The van der Waals surface area contributed by atoms with Crippen LogP contribution in [-0.4, -0.2) is 33.1 Å². The zero-order chi connectivity index (χ0) is 18.7. The van der Waals surface area contributed by atoms with Gasteiger partial charge in [0.15, 0.2) is 0 Å². The predicted molar refractivity (Wildman–Crippen MR) is 99.9 cm³/mol. The molecule has 0 spiro atoms. The first-order valence-corrected chi connectivity index (χ1v) is 9.14. The number of imide groups is 1. The first-order valence-electron chi connectivity index (χ1n) is 7.88. The Balaban J connectivity index is 1.55. The fourth-order valence-corrected chi connectivity index (χ4v) is 3.66. The van der Waals surface area contributed by atoms with E-state index in [1.165, 1.54) is 0 Å². The molecule has 3 rings (SSSR count). The van der Waals surface area contributed by atoms with Crippen LogP contribution in [0.3, 0.4) is 0 Å². The van der Waals surface area contributed by atoms with Gasteiger partial charge in [-0.2, -0.15) is 0 Å². The molecule has 0 aliphatic carbocycles. The third-order valence-electron chi connectivity index (χ3n) is 3.94. The molecular formula is C18H17ClN2O4S. The van der Waals surface area contributed by atoms with Crippen LogP contribution in [0.1, 0.15) is 17.2 Å². The number of carbonyl (C=O) groups is 2. The number of thioether (sulfide) groups is 1. The molecule has 136 valence electrons. The highest BCUT2D eigenvalue weighted by Crippen LogP contribution is 2.28. The largest absolute Gasteiger partial charge is 0.491 e. The van der Waals surface area contributed by atoms with Gasteiger partial charge in [0.05, 0.1) is 5.25 Å². The maximum atomic E-state index is 11.8. The maximum absolute atomic E-state index is 11.8. The van der Waals surface area contributed by atoms with E-state index in [1.54, 1.807) is 36.4 Å². The molecule has 1 saturated heterocycles. The molecule has 3 N–H and O–H groups in total. The normalized spacial score (nSPS) is 18.3. The van der Waals surface area contributed by atoms with Gasteiger partial charge in [-0.1, -0.05) is 35.9 Å². The van der Waals surface area contributed by atoms with Crippen LogP contribution in [0.2, 0.25) is 5.02 Å². The molecular weight excluding hydrogens is 376 g/mol. The summed E-state index contributed by atoms with van der Waals surface area (Å²) in [4.78, 5) is 23.2. The van der Waals surface area contributed by atoms with Gasteiger partial charge in [0.2, 0.25) is 0 Å². The zero-order valence-corrected chi connectivity index (χ0v) is 15.2. The lowest BCUT2D eigenvalue weighted by Gasteiger charge is -2.13. The van der Waals surface area contributed by atoms with E-state index in [-0.39, 0.29) is 12.5 Å². The number of aliphatic hydroxyl groups excluding tert-OH is 1. The van der Waals surface area contributed by atoms with Crippen molar-refractivity contribution in [2.45, 2.75) is 17.8 Å². The molecule has 1 aliphatic rings. The number of nitrogens with two attached hydrogens (primary N) is 1. The van der Waals surface area contributed by atoms with Gasteiger partial charge in [-0.05, 0) is 53.6 Å². The second kappa shape index (κ2) is 8.09.